The molecule has 0 aliphatic carbocycles. The Morgan fingerprint density at radius 3 is 2.34 bits per heavy atom. The first-order chi connectivity index (χ1) is 13.8. The van der Waals surface area contributed by atoms with E-state index in [0.29, 0.717) is 39.3 Å². The molecule has 1 unspecified atom stereocenters. The molecule has 2 fully saturated rings. The van der Waals surface area contributed by atoms with Gasteiger partial charge in [0.1, 0.15) is 0 Å². The molecule has 158 valence electrons. The number of amides is 4. The average Bonchev–Trinajstić information content (AvgIpc) is 2.73. The van der Waals surface area contributed by atoms with Gasteiger partial charge in [-0.15, -0.1) is 0 Å². The zero-order valence-corrected chi connectivity index (χ0v) is 17.7. The molecule has 7 heteroatoms. The number of nitrogens with zero attached hydrogens (tertiary/aromatic N) is 3. The summed E-state index contributed by atoms with van der Waals surface area (Å²) in [6.07, 6.45) is 1.63. The lowest BCUT2D eigenvalue weighted by Gasteiger charge is -2.39. The van der Waals surface area contributed by atoms with Crippen molar-refractivity contribution in [3.05, 3.63) is 29.8 Å². The minimum Gasteiger partial charge on any atom is -0.339 e. The van der Waals surface area contributed by atoms with Crippen molar-refractivity contribution in [1.82, 2.24) is 14.7 Å². The summed E-state index contributed by atoms with van der Waals surface area (Å²) < 4.78 is 0. The summed E-state index contributed by atoms with van der Waals surface area (Å²) in [6.45, 7) is 9.22. The largest absolute Gasteiger partial charge is 0.339 e. The van der Waals surface area contributed by atoms with E-state index in [-0.39, 0.29) is 29.7 Å². The first-order valence-corrected chi connectivity index (χ1v) is 10.6. The Balaban J connectivity index is 1.53. The van der Waals surface area contributed by atoms with Gasteiger partial charge in [-0.1, -0.05) is 26.0 Å². The van der Waals surface area contributed by atoms with Crippen LogP contribution in [0.5, 0.6) is 0 Å². The second-order valence-corrected chi connectivity index (χ2v) is 8.39. The van der Waals surface area contributed by atoms with Crippen LogP contribution in [0.1, 0.15) is 32.3 Å². The zero-order chi connectivity index (χ0) is 21.0. The lowest BCUT2D eigenvalue weighted by molar-refractivity contribution is -0.144. The average molecular weight is 401 g/mol. The Labute approximate surface area is 173 Å². The molecule has 2 heterocycles. The number of aryl methyl sites for hydroxylation is 1. The van der Waals surface area contributed by atoms with E-state index in [9.17, 15) is 14.4 Å². The quantitative estimate of drug-likeness (QED) is 0.848. The summed E-state index contributed by atoms with van der Waals surface area (Å²) in [5.41, 5.74) is 1.86. The molecule has 0 aromatic heterocycles. The van der Waals surface area contributed by atoms with Crippen LogP contribution in [0, 0.1) is 18.8 Å². The standard InChI is InChI=1S/C22H32N4O3/c1-16(2)20(27)24-10-12-25(13-11-24)21(28)18-7-5-9-26(15-18)22(29)23-19-8-4-6-17(3)14-19/h4,6,8,14,16,18H,5,7,9-13,15H2,1-3H3,(H,23,29). The van der Waals surface area contributed by atoms with Gasteiger partial charge in [0.05, 0.1) is 5.92 Å². The molecule has 0 radical (unpaired) electrons. The van der Waals surface area contributed by atoms with Gasteiger partial charge in [-0.3, -0.25) is 9.59 Å². The van der Waals surface area contributed by atoms with Crippen molar-refractivity contribution < 1.29 is 14.4 Å². The highest BCUT2D eigenvalue weighted by Crippen LogP contribution is 2.21. The predicted molar refractivity (Wildman–Crippen MR) is 112 cm³/mol. The first-order valence-electron chi connectivity index (χ1n) is 10.6. The number of piperidine rings is 1. The molecule has 1 aromatic rings. The van der Waals surface area contributed by atoms with Gasteiger partial charge in [-0.2, -0.15) is 0 Å². The molecule has 2 aliphatic rings. The molecule has 7 nitrogen and oxygen atoms in total. The molecule has 3 rings (SSSR count). The lowest BCUT2D eigenvalue weighted by atomic mass is 9.96. The third-order valence-corrected chi connectivity index (χ3v) is 5.72. The van der Waals surface area contributed by atoms with Gasteiger partial charge in [-0.25, -0.2) is 4.79 Å². The predicted octanol–water partition coefficient (Wildman–Crippen LogP) is 2.57. The number of carbonyl (C=O) groups is 3. The zero-order valence-electron chi connectivity index (χ0n) is 17.7. The van der Waals surface area contributed by atoms with E-state index in [0.717, 1.165) is 24.1 Å². The maximum absolute atomic E-state index is 13.0. The summed E-state index contributed by atoms with van der Waals surface area (Å²) in [5.74, 6) is 0.0684. The van der Waals surface area contributed by atoms with Crippen molar-refractivity contribution >= 4 is 23.5 Å². The Bertz CT molecular complexity index is 756. The van der Waals surface area contributed by atoms with E-state index in [1.807, 2.05) is 54.8 Å². The number of benzene rings is 1. The number of urea groups is 1. The summed E-state index contributed by atoms with van der Waals surface area (Å²) in [7, 11) is 0. The van der Waals surface area contributed by atoms with E-state index in [2.05, 4.69) is 5.32 Å². The topological polar surface area (TPSA) is 73.0 Å². The number of hydrogen-bond acceptors (Lipinski definition) is 3. The van der Waals surface area contributed by atoms with E-state index in [4.69, 9.17) is 0 Å². The van der Waals surface area contributed by atoms with E-state index in [1.165, 1.54) is 0 Å². The number of anilines is 1. The van der Waals surface area contributed by atoms with Gasteiger partial charge < -0.3 is 20.0 Å². The van der Waals surface area contributed by atoms with Crippen molar-refractivity contribution in [2.24, 2.45) is 11.8 Å². The molecule has 2 aliphatic heterocycles. The molecule has 4 amide bonds. The van der Waals surface area contributed by atoms with Crippen LogP contribution < -0.4 is 5.32 Å². The summed E-state index contributed by atoms with van der Waals surface area (Å²) in [5, 5.41) is 2.94. The Morgan fingerprint density at radius 1 is 1.00 bits per heavy atom. The number of carbonyl (C=O) groups excluding carboxylic acids is 3. The van der Waals surface area contributed by atoms with Gasteiger partial charge in [0.15, 0.2) is 0 Å². The SMILES string of the molecule is Cc1cccc(NC(=O)N2CCCC(C(=O)N3CCN(C(=O)C(C)C)CC3)C2)c1. The number of hydrogen-bond donors (Lipinski definition) is 1. The second-order valence-electron chi connectivity index (χ2n) is 8.39. The van der Waals surface area contributed by atoms with Crippen LogP contribution in [0.2, 0.25) is 0 Å². The number of nitrogens with one attached hydrogen (secondary N) is 1. The highest BCUT2D eigenvalue weighted by molar-refractivity contribution is 5.90. The van der Waals surface area contributed by atoms with Crippen LogP contribution in [-0.2, 0) is 9.59 Å². The fourth-order valence-electron chi connectivity index (χ4n) is 4.06. The highest BCUT2D eigenvalue weighted by atomic mass is 16.2. The van der Waals surface area contributed by atoms with Crippen molar-refractivity contribution in [3.8, 4) is 0 Å². The maximum atomic E-state index is 13.0. The highest BCUT2D eigenvalue weighted by Gasteiger charge is 2.33. The minimum atomic E-state index is -0.167. The number of piperazine rings is 1. The fourth-order valence-corrected chi connectivity index (χ4v) is 4.06. The van der Waals surface area contributed by atoms with Gasteiger partial charge in [0.25, 0.3) is 0 Å². The summed E-state index contributed by atoms with van der Waals surface area (Å²) >= 11 is 0. The van der Waals surface area contributed by atoms with Crippen molar-refractivity contribution in [2.75, 3.05) is 44.6 Å². The van der Waals surface area contributed by atoms with Gasteiger partial charge in [0.2, 0.25) is 11.8 Å². The summed E-state index contributed by atoms with van der Waals surface area (Å²) in [6, 6.07) is 7.55. The van der Waals surface area contributed by atoms with Crippen LogP contribution in [0.25, 0.3) is 0 Å². The molecular weight excluding hydrogens is 368 g/mol. The van der Waals surface area contributed by atoms with Gasteiger partial charge in [0, 0.05) is 50.9 Å². The molecule has 29 heavy (non-hydrogen) atoms. The van der Waals surface area contributed by atoms with E-state index >= 15 is 0 Å². The monoisotopic (exact) mass is 400 g/mol. The molecular formula is C22H32N4O3. The molecule has 2 saturated heterocycles. The second kappa shape index (κ2) is 9.29. The van der Waals surface area contributed by atoms with Crippen molar-refractivity contribution in [2.45, 2.75) is 33.6 Å². The summed E-state index contributed by atoms with van der Waals surface area (Å²) in [4.78, 5) is 43.2. The van der Waals surface area contributed by atoms with Crippen LogP contribution >= 0.6 is 0 Å². The Hall–Kier alpha value is -2.57. The van der Waals surface area contributed by atoms with Crippen LogP contribution in [0.4, 0.5) is 10.5 Å². The molecule has 0 saturated carbocycles. The number of rotatable bonds is 3. The van der Waals surface area contributed by atoms with E-state index in [1.54, 1.807) is 4.90 Å². The molecule has 1 aromatic carbocycles. The maximum Gasteiger partial charge on any atom is 0.321 e. The van der Waals surface area contributed by atoms with Crippen molar-refractivity contribution in [3.63, 3.8) is 0 Å². The van der Waals surface area contributed by atoms with Crippen LogP contribution in [-0.4, -0.2) is 71.8 Å². The molecule has 1 atom stereocenters. The third kappa shape index (κ3) is 5.28. The van der Waals surface area contributed by atoms with Crippen molar-refractivity contribution in [1.29, 1.82) is 0 Å². The minimum absolute atomic E-state index is 0.0175. The number of likely N-dealkylation sites (tertiary alicyclic amines) is 1. The molecule has 1 N–H and O–H groups in total. The van der Waals surface area contributed by atoms with E-state index < -0.39 is 0 Å². The van der Waals surface area contributed by atoms with Crippen LogP contribution in [0.3, 0.4) is 0 Å². The Morgan fingerprint density at radius 2 is 1.69 bits per heavy atom. The smallest absolute Gasteiger partial charge is 0.321 e. The third-order valence-electron chi connectivity index (χ3n) is 5.72. The fraction of sp³-hybridized carbons (Fsp3) is 0.591. The lowest BCUT2D eigenvalue weighted by Crippen LogP contribution is -2.54. The van der Waals surface area contributed by atoms with Gasteiger partial charge in [-0.05, 0) is 37.5 Å². The Kier molecular flexibility index (Phi) is 6.77. The van der Waals surface area contributed by atoms with Gasteiger partial charge >= 0.3 is 6.03 Å². The normalized spacial score (nSPS) is 20.0. The molecule has 0 bridgehead atoms. The van der Waals surface area contributed by atoms with Crippen LogP contribution in [0.15, 0.2) is 24.3 Å². The molecule has 0 spiro atoms. The first kappa shape index (κ1) is 21.1.